The predicted molar refractivity (Wildman–Crippen MR) is 73.1 cm³/mol. The number of aliphatic hydroxyl groups excluding tert-OH is 1. The molecule has 7 heteroatoms. The van der Waals surface area contributed by atoms with Gasteiger partial charge in [0.1, 0.15) is 0 Å². The van der Waals surface area contributed by atoms with Crippen molar-refractivity contribution in [3.05, 3.63) is 0 Å². The average Bonchev–Trinajstić information content (AvgIpc) is 2.35. The molecular formula is C12H24N2O4S. The summed E-state index contributed by atoms with van der Waals surface area (Å²) in [4.78, 5) is 12.0. The van der Waals surface area contributed by atoms with Crippen LogP contribution in [0.25, 0.3) is 0 Å². The van der Waals surface area contributed by atoms with Crippen molar-refractivity contribution in [2.45, 2.75) is 38.6 Å². The number of carbonyl (C=O) groups excluding carboxylic acids is 1. The Bertz CT molecular complexity index is 389. The quantitative estimate of drug-likeness (QED) is 0.718. The van der Waals surface area contributed by atoms with Gasteiger partial charge in [-0.3, -0.25) is 4.79 Å². The molecule has 1 amide bonds. The van der Waals surface area contributed by atoms with E-state index in [1.807, 2.05) is 6.92 Å². The molecule has 1 atom stereocenters. The SMILES string of the molecule is CC(CCCO)NC(=O)C1CCN(S(C)(=O)=O)CC1. The minimum absolute atomic E-state index is 0.00130. The number of amides is 1. The zero-order chi connectivity index (χ0) is 14.5. The number of hydrogen-bond donors (Lipinski definition) is 2. The third-order valence-corrected chi connectivity index (χ3v) is 4.78. The fraction of sp³-hybridized carbons (Fsp3) is 0.917. The van der Waals surface area contributed by atoms with Gasteiger partial charge >= 0.3 is 0 Å². The fourth-order valence-corrected chi connectivity index (χ4v) is 3.15. The van der Waals surface area contributed by atoms with E-state index in [0.29, 0.717) is 32.4 Å². The minimum atomic E-state index is -3.14. The van der Waals surface area contributed by atoms with Crippen molar-refractivity contribution in [2.24, 2.45) is 5.92 Å². The maximum Gasteiger partial charge on any atom is 0.223 e. The normalized spacial score (nSPS) is 20.2. The molecule has 0 aliphatic carbocycles. The second-order valence-electron chi connectivity index (χ2n) is 5.21. The molecule has 1 aliphatic rings. The lowest BCUT2D eigenvalue weighted by Gasteiger charge is -2.30. The highest BCUT2D eigenvalue weighted by Crippen LogP contribution is 2.19. The summed E-state index contributed by atoms with van der Waals surface area (Å²) in [6.45, 7) is 2.88. The standard InChI is InChI=1S/C12H24N2O4S/c1-10(4-3-9-15)13-12(16)11-5-7-14(8-6-11)19(2,17)18/h10-11,15H,3-9H2,1-2H3,(H,13,16). The van der Waals surface area contributed by atoms with Gasteiger partial charge in [-0.25, -0.2) is 12.7 Å². The number of sulfonamides is 1. The van der Waals surface area contributed by atoms with Crippen molar-refractivity contribution in [3.8, 4) is 0 Å². The van der Waals surface area contributed by atoms with Crippen LogP contribution in [0, 0.1) is 5.92 Å². The number of aliphatic hydroxyl groups is 1. The van der Waals surface area contributed by atoms with Gasteiger partial charge in [0.05, 0.1) is 6.26 Å². The highest BCUT2D eigenvalue weighted by atomic mass is 32.2. The van der Waals surface area contributed by atoms with Crippen molar-refractivity contribution in [1.82, 2.24) is 9.62 Å². The maximum absolute atomic E-state index is 12.0. The first kappa shape index (κ1) is 16.4. The van der Waals surface area contributed by atoms with E-state index in [2.05, 4.69) is 5.32 Å². The molecule has 0 radical (unpaired) electrons. The van der Waals surface area contributed by atoms with Crippen molar-refractivity contribution < 1.29 is 18.3 Å². The molecule has 19 heavy (non-hydrogen) atoms. The van der Waals surface area contributed by atoms with Gasteiger partial charge in [0, 0.05) is 31.7 Å². The first-order valence-corrected chi connectivity index (χ1v) is 8.55. The van der Waals surface area contributed by atoms with E-state index in [9.17, 15) is 13.2 Å². The number of rotatable bonds is 6. The van der Waals surface area contributed by atoms with Gasteiger partial charge in [0.25, 0.3) is 0 Å². The minimum Gasteiger partial charge on any atom is -0.396 e. The van der Waals surface area contributed by atoms with Crippen LogP contribution in [0.15, 0.2) is 0 Å². The second kappa shape index (κ2) is 7.21. The van der Waals surface area contributed by atoms with E-state index in [-0.39, 0.29) is 24.5 Å². The lowest BCUT2D eigenvalue weighted by atomic mass is 9.96. The van der Waals surface area contributed by atoms with Crippen LogP contribution in [0.3, 0.4) is 0 Å². The van der Waals surface area contributed by atoms with Crippen LogP contribution in [0.4, 0.5) is 0 Å². The van der Waals surface area contributed by atoms with Crippen molar-refractivity contribution >= 4 is 15.9 Å². The smallest absolute Gasteiger partial charge is 0.223 e. The number of hydrogen-bond acceptors (Lipinski definition) is 4. The maximum atomic E-state index is 12.0. The molecule has 0 spiro atoms. The molecular weight excluding hydrogens is 268 g/mol. The molecule has 1 heterocycles. The van der Waals surface area contributed by atoms with Gasteiger partial charge in [-0.1, -0.05) is 0 Å². The Morgan fingerprint density at radius 2 is 2.00 bits per heavy atom. The summed E-state index contributed by atoms with van der Waals surface area (Å²) in [5.41, 5.74) is 0. The number of piperidine rings is 1. The molecule has 1 rings (SSSR count). The molecule has 1 saturated heterocycles. The van der Waals surface area contributed by atoms with Gasteiger partial charge in [0.2, 0.25) is 15.9 Å². The Kier molecular flexibility index (Phi) is 6.22. The Labute approximate surface area is 115 Å². The van der Waals surface area contributed by atoms with Crippen molar-refractivity contribution in [1.29, 1.82) is 0 Å². The van der Waals surface area contributed by atoms with Gasteiger partial charge in [-0.05, 0) is 32.6 Å². The molecule has 0 aromatic carbocycles. The van der Waals surface area contributed by atoms with Crippen molar-refractivity contribution in [3.63, 3.8) is 0 Å². The van der Waals surface area contributed by atoms with Gasteiger partial charge in [-0.15, -0.1) is 0 Å². The van der Waals surface area contributed by atoms with E-state index >= 15 is 0 Å². The van der Waals surface area contributed by atoms with Crippen LogP contribution in [0.1, 0.15) is 32.6 Å². The summed E-state index contributed by atoms with van der Waals surface area (Å²) in [6, 6.07) is 0.0487. The third-order valence-electron chi connectivity index (χ3n) is 3.48. The lowest BCUT2D eigenvalue weighted by molar-refractivity contribution is -0.126. The summed E-state index contributed by atoms with van der Waals surface area (Å²) in [5.74, 6) is -0.104. The predicted octanol–water partition coefficient (Wildman–Crippen LogP) is -0.0648. The molecule has 1 aliphatic heterocycles. The number of nitrogens with zero attached hydrogens (tertiary/aromatic N) is 1. The molecule has 2 N–H and O–H groups in total. The monoisotopic (exact) mass is 292 g/mol. The first-order chi connectivity index (χ1) is 8.84. The van der Waals surface area contributed by atoms with E-state index < -0.39 is 10.0 Å². The van der Waals surface area contributed by atoms with Gasteiger partial charge < -0.3 is 10.4 Å². The second-order valence-corrected chi connectivity index (χ2v) is 7.19. The van der Waals surface area contributed by atoms with Crippen LogP contribution >= 0.6 is 0 Å². The highest BCUT2D eigenvalue weighted by Gasteiger charge is 2.29. The summed E-state index contributed by atoms with van der Waals surface area (Å²) >= 11 is 0. The summed E-state index contributed by atoms with van der Waals surface area (Å²) in [7, 11) is -3.14. The van der Waals surface area contributed by atoms with E-state index in [1.54, 1.807) is 0 Å². The molecule has 0 aromatic rings. The van der Waals surface area contributed by atoms with Crippen LogP contribution in [0.2, 0.25) is 0 Å². The summed E-state index contributed by atoms with van der Waals surface area (Å²) < 4.78 is 24.1. The highest BCUT2D eigenvalue weighted by molar-refractivity contribution is 7.88. The van der Waals surface area contributed by atoms with E-state index in [4.69, 9.17) is 5.11 Å². The van der Waals surface area contributed by atoms with Gasteiger partial charge in [-0.2, -0.15) is 0 Å². The third kappa shape index (κ3) is 5.46. The first-order valence-electron chi connectivity index (χ1n) is 6.71. The summed E-state index contributed by atoms with van der Waals surface area (Å²) in [6.07, 6.45) is 3.78. The Hall–Kier alpha value is -0.660. The molecule has 0 saturated carbocycles. The van der Waals surface area contributed by atoms with Crippen LogP contribution < -0.4 is 5.32 Å². The number of nitrogens with one attached hydrogen (secondary N) is 1. The van der Waals surface area contributed by atoms with Gasteiger partial charge in [0.15, 0.2) is 0 Å². The fourth-order valence-electron chi connectivity index (χ4n) is 2.28. The molecule has 1 unspecified atom stereocenters. The topological polar surface area (TPSA) is 86.7 Å². The Morgan fingerprint density at radius 3 is 2.47 bits per heavy atom. The number of carbonyl (C=O) groups is 1. The molecule has 0 bridgehead atoms. The average molecular weight is 292 g/mol. The van der Waals surface area contributed by atoms with Crippen LogP contribution in [-0.4, -0.2) is 55.7 Å². The Morgan fingerprint density at radius 1 is 1.42 bits per heavy atom. The van der Waals surface area contributed by atoms with Crippen LogP contribution in [0.5, 0.6) is 0 Å². The zero-order valence-electron chi connectivity index (χ0n) is 11.6. The largest absolute Gasteiger partial charge is 0.396 e. The lowest BCUT2D eigenvalue weighted by Crippen LogP contribution is -2.44. The molecule has 1 fully saturated rings. The molecule has 112 valence electrons. The summed E-state index contributed by atoms with van der Waals surface area (Å²) in [5, 5.41) is 11.6. The Balaban J connectivity index is 2.37. The zero-order valence-corrected chi connectivity index (χ0v) is 12.4. The molecule has 6 nitrogen and oxygen atoms in total. The van der Waals surface area contributed by atoms with E-state index in [0.717, 1.165) is 6.42 Å². The van der Waals surface area contributed by atoms with E-state index in [1.165, 1.54) is 10.6 Å². The molecule has 0 aromatic heterocycles. The van der Waals surface area contributed by atoms with Crippen LogP contribution in [-0.2, 0) is 14.8 Å². The van der Waals surface area contributed by atoms with Crippen molar-refractivity contribution in [2.75, 3.05) is 26.0 Å².